The Kier molecular flexibility index (Phi) is 44.3. The molecule has 0 heterocycles. The van der Waals surface area contributed by atoms with Crippen LogP contribution in [-0.4, -0.2) is 0 Å². The van der Waals surface area contributed by atoms with Gasteiger partial charge in [-0.05, 0) is 27.1 Å². The molecule has 0 bridgehead atoms. The van der Waals surface area contributed by atoms with Crippen LogP contribution >= 0.6 is 0 Å². The molecule has 0 aromatic carbocycles. The van der Waals surface area contributed by atoms with E-state index < -0.39 is 0 Å². The molecule has 5 fully saturated rings. The smallest absolute Gasteiger partial charge is 0.0411 e. The number of hydrogen-bond acceptors (Lipinski definition) is 0. The van der Waals surface area contributed by atoms with Crippen LogP contribution in [0.1, 0.15) is 299 Å². The summed E-state index contributed by atoms with van der Waals surface area (Å²) in [5.41, 5.74) is 2.50. The molecule has 0 atom stereocenters. The topological polar surface area (TPSA) is 0 Å². The number of hydrogen-bond donors (Lipinski definition) is 0. The summed E-state index contributed by atoms with van der Waals surface area (Å²) in [7, 11) is 0. The van der Waals surface area contributed by atoms with Gasteiger partial charge in [0.25, 0.3) is 0 Å². The predicted molar refractivity (Wildman–Crippen MR) is 241 cm³/mol. The first-order valence-corrected chi connectivity index (χ1v) is 22.5. The van der Waals surface area contributed by atoms with E-state index in [0.29, 0.717) is 27.1 Å². The Bertz CT molecular complexity index is 373. The van der Waals surface area contributed by atoms with Crippen LogP contribution in [0.15, 0.2) is 0 Å². The van der Waals surface area contributed by atoms with E-state index in [2.05, 4.69) is 138 Å². The van der Waals surface area contributed by atoms with E-state index >= 15 is 0 Å². The van der Waals surface area contributed by atoms with Crippen molar-refractivity contribution in [2.24, 2.45) is 27.1 Å². The van der Waals surface area contributed by atoms with Gasteiger partial charge in [-0.2, -0.15) is 0 Å². The van der Waals surface area contributed by atoms with Gasteiger partial charge in [0.05, 0.1) is 0 Å². The molecular weight excluding hydrogens is 601 g/mol. The van der Waals surface area contributed by atoms with Crippen molar-refractivity contribution >= 4 is 0 Å². The maximum Gasteiger partial charge on any atom is -0.0411 e. The Morgan fingerprint density at radius 3 is 0.160 bits per heavy atom. The molecule has 310 valence electrons. The van der Waals surface area contributed by atoms with E-state index in [1.807, 2.05) is 0 Å². The van der Waals surface area contributed by atoms with Gasteiger partial charge >= 0.3 is 0 Å². The molecule has 0 aliphatic heterocycles. The van der Waals surface area contributed by atoms with Gasteiger partial charge in [-0.3, -0.25) is 0 Å². The number of rotatable bonds is 0. The predicted octanol–water partition coefficient (Wildman–Crippen LogP) is 20.0. The fourth-order valence-electron chi connectivity index (χ4n) is 4.42. The molecule has 5 saturated carbocycles. The highest BCUT2D eigenvalue weighted by Crippen LogP contribution is 2.17. The average Bonchev–Trinajstić information content (AvgIpc) is 3.76. The summed E-state index contributed by atoms with van der Waals surface area (Å²) in [6.45, 7) is 43.8. The molecule has 0 N–H and O–H groups in total. The molecule has 0 amide bonds. The van der Waals surface area contributed by atoms with Crippen molar-refractivity contribution in [3.8, 4) is 0 Å². The fraction of sp³-hybridized carbons (Fsp3) is 1.00. The van der Waals surface area contributed by atoms with Gasteiger partial charge in [0.2, 0.25) is 0 Å². The third-order valence-corrected chi connectivity index (χ3v) is 6.25. The molecule has 0 aromatic rings. The first-order chi connectivity index (χ1) is 22.5. The molecule has 5 rings (SSSR count). The Balaban J connectivity index is -0.000000150. The van der Waals surface area contributed by atoms with Crippen LogP contribution in [0, 0.1) is 27.1 Å². The molecule has 50 heavy (non-hydrogen) atoms. The summed E-state index contributed by atoms with van der Waals surface area (Å²) in [5, 5.41) is 0. The van der Waals surface area contributed by atoms with Gasteiger partial charge in [0.1, 0.15) is 0 Å². The third kappa shape index (κ3) is 170. The summed E-state index contributed by atoms with van der Waals surface area (Å²) < 4.78 is 0. The molecule has 0 nitrogen and oxygen atoms in total. The Labute approximate surface area is 325 Å². The minimum Gasteiger partial charge on any atom is -0.0604 e. The maximum atomic E-state index is 2.19. The zero-order valence-electron chi connectivity index (χ0n) is 40.2. The van der Waals surface area contributed by atoms with Crippen LogP contribution < -0.4 is 0 Å². The van der Waals surface area contributed by atoms with Crippen molar-refractivity contribution in [1.82, 2.24) is 0 Å². The van der Waals surface area contributed by atoms with Gasteiger partial charge in [0.15, 0.2) is 0 Å². The molecular formula is C50H110. The van der Waals surface area contributed by atoms with Crippen LogP contribution in [0.2, 0.25) is 0 Å². The Morgan fingerprint density at radius 1 is 0.120 bits per heavy atom. The largest absolute Gasteiger partial charge is 0.0604 e. The highest BCUT2D eigenvalue weighted by molar-refractivity contribution is 4.54. The van der Waals surface area contributed by atoms with E-state index in [4.69, 9.17) is 0 Å². The van der Waals surface area contributed by atoms with E-state index in [1.54, 1.807) is 0 Å². The van der Waals surface area contributed by atoms with E-state index in [0.717, 1.165) is 0 Å². The molecule has 0 aromatic heterocycles. The summed E-state index contributed by atoms with van der Waals surface area (Å²) in [6.07, 6.45) is 37.5. The zero-order chi connectivity index (χ0) is 40.2. The summed E-state index contributed by atoms with van der Waals surface area (Å²) in [4.78, 5) is 0. The quantitative estimate of drug-likeness (QED) is 0.235. The normalized spacial score (nSPS) is 18.0. The van der Waals surface area contributed by atoms with Gasteiger partial charge in [-0.25, -0.2) is 0 Å². The van der Waals surface area contributed by atoms with Crippen LogP contribution in [-0.2, 0) is 0 Å². The van der Waals surface area contributed by atoms with Crippen molar-refractivity contribution in [3.05, 3.63) is 0 Å². The van der Waals surface area contributed by atoms with Gasteiger partial charge in [-0.1, -0.05) is 299 Å². The highest BCUT2D eigenvalue weighted by Gasteiger charge is 1.99. The third-order valence-electron chi connectivity index (χ3n) is 6.25. The second-order valence-electron chi connectivity index (χ2n) is 23.8. The Morgan fingerprint density at radius 2 is 0.140 bits per heavy atom. The summed E-state index contributed by atoms with van der Waals surface area (Å²) in [5.74, 6) is 0. The van der Waals surface area contributed by atoms with Crippen LogP contribution in [0.3, 0.4) is 0 Å². The monoisotopic (exact) mass is 711 g/mol. The lowest BCUT2D eigenvalue weighted by Crippen LogP contribution is -1.93. The molecule has 0 radical (unpaired) electrons. The second-order valence-corrected chi connectivity index (χ2v) is 23.8. The van der Waals surface area contributed by atoms with Crippen LogP contribution in [0.25, 0.3) is 0 Å². The Hall–Kier alpha value is 0. The molecule has 0 heteroatoms. The van der Waals surface area contributed by atoms with E-state index in [-0.39, 0.29) is 0 Å². The van der Waals surface area contributed by atoms with Gasteiger partial charge < -0.3 is 0 Å². The molecule has 5 aliphatic rings. The minimum absolute atomic E-state index is 0.500. The summed E-state index contributed by atoms with van der Waals surface area (Å²) in [6, 6.07) is 0. The first kappa shape index (κ1) is 59.3. The van der Waals surface area contributed by atoms with Gasteiger partial charge in [0, 0.05) is 0 Å². The molecule has 5 aliphatic carbocycles. The standard InChI is InChI=1S/5C5H10.5C5H12/c5*1-2-4-5-3-1;5*1-5(2,3)4/h5*1-5H2;5*1-4H3. The van der Waals surface area contributed by atoms with Crippen molar-refractivity contribution in [3.63, 3.8) is 0 Å². The van der Waals surface area contributed by atoms with Crippen molar-refractivity contribution in [1.29, 1.82) is 0 Å². The van der Waals surface area contributed by atoms with Crippen LogP contribution in [0.4, 0.5) is 0 Å². The lowest BCUT2D eigenvalue weighted by molar-refractivity contribution is 0.469. The van der Waals surface area contributed by atoms with E-state index in [1.165, 1.54) is 161 Å². The molecule has 0 saturated heterocycles. The van der Waals surface area contributed by atoms with E-state index in [9.17, 15) is 0 Å². The first-order valence-electron chi connectivity index (χ1n) is 22.5. The lowest BCUT2D eigenvalue weighted by Gasteiger charge is -2.05. The molecule has 0 unspecified atom stereocenters. The zero-order valence-corrected chi connectivity index (χ0v) is 40.2. The maximum absolute atomic E-state index is 2.19. The van der Waals surface area contributed by atoms with Crippen molar-refractivity contribution in [2.45, 2.75) is 299 Å². The summed E-state index contributed by atoms with van der Waals surface area (Å²) >= 11 is 0. The van der Waals surface area contributed by atoms with Crippen LogP contribution in [0.5, 0.6) is 0 Å². The highest BCUT2D eigenvalue weighted by atomic mass is 14.1. The van der Waals surface area contributed by atoms with Crippen molar-refractivity contribution < 1.29 is 0 Å². The fourth-order valence-corrected chi connectivity index (χ4v) is 4.42. The SMILES string of the molecule is C1CCCC1.C1CCCC1.C1CCCC1.C1CCCC1.C1CCCC1.CC(C)(C)C.CC(C)(C)C.CC(C)(C)C.CC(C)(C)C.CC(C)(C)C. The molecule has 0 spiro atoms. The lowest BCUT2D eigenvalue weighted by atomic mass is 10.0. The minimum atomic E-state index is 0.500. The van der Waals surface area contributed by atoms with Gasteiger partial charge in [-0.15, -0.1) is 0 Å². The average molecular weight is 711 g/mol. The second kappa shape index (κ2) is 37.3. The van der Waals surface area contributed by atoms with Crippen molar-refractivity contribution in [2.75, 3.05) is 0 Å².